The lowest BCUT2D eigenvalue weighted by Crippen LogP contribution is -2.18. The van der Waals surface area contributed by atoms with E-state index in [0.29, 0.717) is 5.56 Å². The summed E-state index contributed by atoms with van der Waals surface area (Å²) < 4.78 is 51.5. The summed E-state index contributed by atoms with van der Waals surface area (Å²) in [7, 11) is 0. The van der Waals surface area contributed by atoms with Crippen LogP contribution in [0.15, 0.2) is 12.1 Å². The minimum atomic E-state index is -4.92. The molecule has 0 aliphatic rings. The van der Waals surface area contributed by atoms with E-state index < -0.39 is 17.9 Å². The van der Waals surface area contributed by atoms with Gasteiger partial charge < -0.3 is 4.74 Å². The number of rotatable bonds is 1. The van der Waals surface area contributed by atoms with Gasteiger partial charge in [-0.1, -0.05) is 11.6 Å². The van der Waals surface area contributed by atoms with E-state index in [4.69, 9.17) is 11.6 Å². The molecule has 0 fully saturated rings. The molecule has 0 unspecified atom stereocenters. The quantitative estimate of drug-likeness (QED) is 0.666. The maximum Gasteiger partial charge on any atom is 0.573 e. The maximum absolute atomic E-state index is 12.9. The Morgan fingerprint density at radius 1 is 1.29 bits per heavy atom. The minimum Gasteiger partial charge on any atom is -0.403 e. The second-order valence-electron chi connectivity index (χ2n) is 2.58. The lowest BCUT2D eigenvalue weighted by atomic mass is 10.2. The van der Waals surface area contributed by atoms with Gasteiger partial charge in [0.2, 0.25) is 0 Å². The lowest BCUT2D eigenvalue weighted by Gasteiger charge is -2.10. The summed E-state index contributed by atoms with van der Waals surface area (Å²) in [6.45, 7) is 1.47. The molecule has 1 rings (SSSR count). The number of aryl methyl sites for hydroxylation is 1. The molecule has 0 amide bonds. The highest BCUT2D eigenvalue weighted by atomic mass is 35.5. The van der Waals surface area contributed by atoms with Crippen molar-refractivity contribution in [3.05, 3.63) is 28.5 Å². The third-order valence-corrected chi connectivity index (χ3v) is 1.85. The number of ether oxygens (including phenoxy) is 1. The fourth-order valence-corrected chi connectivity index (χ4v) is 0.985. The standard InChI is InChI=1S/C8H5ClF4O/c1-4-2-6(10)7(3-5(4)9)14-8(11,12)13/h2-3H,1H3. The molecule has 0 spiro atoms. The highest BCUT2D eigenvalue weighted by molar-refractivity contribution is 6.31. The first-order valence-electron chi connectivity index (χ1n) is 3.51. The average molecular weight is 229 g/mol. The van der Waals surface area contributed by atoms with E-state index in [1.54, 1.807) is 0 Å². The van der Waals surface area contributed by atoms with Crippen LogP contribution in [-0.2, 0) is 0 Å². The molecule has 0 heterocycles. The second kappa shape index (κ2) is 3.65. The highest BCUT2D eigenvalue weighted by Gasteiger charge is 2.32. The molecule has 0 aromatic heterocycles. The summed E-state index contributed by atoms with van der Waals surface area (Å²) in [6.07, 6.45) is -4.92. The Kier molecular flexibility index (Phi) is 2.89. The van der Waals surface area contributed by atoms with Crippen LogP contribution in [0.4, 0.5) is 17.6 Å². The maximum atomic E-state index is 12.9. The fourth-order valence-electron chi connectivity index (χ4n) is 0.831. The van der Waals surface area contributed by atoms with Gasteiger partial charge in [0.1, 0.15) is 0 Å². The van der Waals surface area contributed by atoms with E-state index in [1.807, 2.05) is 0 Å². The first-order chi connectivity index (χ1) is 6.29. The van der Waals surface area contributed by atoms with Gasteiger partial charge in [-0.2, -0.15) is 0 Å². The molecule has 0 atom stereocenters. The number of hydrogen-bond donors (Lipinski definition) is 0. The summed E-state index contributed by atoms with van der Waals surface area (Å²) in [5, 5.41) is 0.0191. The van der Waals surface area contributed by atoms with Crippen molar-refractivity contribution in [1.29, 1.82) is 0 Å². The summed E-state index contributed by atoms with van der Waals surface area (Å²) in [6, 6.07) is 1.67. The van der Waals surface area contributed by atoms with Gasteiger partial charge in [-0.3, -0.25) is 0 Å². The number of halogens is 5. The van der Waals surface area contributed by atoms with Gasteiger partial charge in [0.25, 0.3) is 0 Å². The van der Waals surface area contributed by atoms with E-state index in [1.165, 1.54) is 6.92 Å². The Balaban J connectivity index is 3.04. The van der Waals surface area contributed by atoms with Crippen molar-refractivity contribution in [2.45, 2.75) is 13.3 Å². The molecule has 0 saturated heterocycles. The van der Waals surface area contributed by atoms with Gasteiger partial charge >= 0.3 is 6.36 Å². The molecule has 14 heavy (non-hydrogen) atoms. The van der Waals surface area contributed by atoms with Crippen molar-refractivity contribution in [3.8, 4) is 5.75 Å². The normalized spacial score (nSPS) is 11.6. The van der Waals surface area contributed by atoms with E-state index in [-0.39, 0.29) is 5.02 Å². The van der Waals surface area contributed by atoms with E-state index in [9.17, 15) is 17.6 Å². The van der Waals surface area contributed by atoms with Gasteiger partial charge in [-0.15, -0.1) is 13.2 Å². The topological polar surface area (TPSA) is 9.23 Å². The number of benzene rings is 1. The highest BCUT2D eigenvalue weighted by Crippen LogP contribution is 2.29. The number of hydrogen-bond acceptors (Lipinski definition) is 1. The first kappa shape index (κ1) is 11.1. The molecule has 78 valence electrons. The molecule has 0 aliphatic carbocycles. The zero-order valence-corrected chi connectivity index (χ0v) is 7.71. The summed E-state index contributed by atoms with van der Waals surface area (Å²) in [5.74, 6) is -2.02. The second-order valence-corrected chi connectivity index (χ2v) is 2.99. The molecule has 0 aliphatic heterocycles. The van der Waals surface area contributed by atoms with Crippen LogP contribution >= 0.6 is 11.6 Å². The first-order valence-corrected chi connectivity index (χ1v) is 3.89. The zero-order chi connectivity index (χ0) is 10.9. The van der Waals surface area contributed by atoms with Gasteiger partial charge in [0.05, 0.1) is 0 Å². The summed E-state index contributed by atoms with van der Waals surface area (Å²) in [5.41, 5.74) is 0.346. The van der Waals surface area contributed by atoms with E-state index in [0.717, 1.165) is 12.1 Å². The molecule has 0 bridgehead atoms. The largest absolute Gasteiger partial charge is 0.573 e. The minimum absolute atomic E-state index is 0.0191. The van der Waals surface area contributed by atoms with Crippen LogP contribution in [0.3, 0.4) is 0 Å². The van der Waals surface area contributed by atoms with Crippen LogP contribution in [0.2, 0.25) is 5.02 Å². The van der Waals surface area contributed by atoms with Gasteiger partial charge in [-0.25, -0.2) is 4.39 Å². The van der Waals surface area contributed by atoms with Crippen LogP contribution < -0.4 is 4.74 Å². The van der Waals surface area contributed by atoms with Gasteiger partial charge in [0.15, 0.2) is 11.6 Å². The smallest absolute Gasteiger partial charge is 0.403 e. The SMILES string of the molecule is Cc1cc(F)c(OC(F)(F)F)cc1Cl. The van der Waals surface area contributed by atoms with Crippen LogP contribution in [0, 0.1) is 12.7 Å². The Morgan fingerprint density at radius 2 is 1.86 bits per heavy atom. The number of alkyl halides is 3. The predicted molar refractivity (Wildman–Crippen MR) is 42.8 cm³/mol. The molecule has 0 saturated carbocycles. The van der Waals surface area contributed by atoms with Crippen molar-refractivity contribution in [2.75, 3.05) is 0 Å². The Bertz CT molecular complexity index is 348. The van der Waals surface area contributed by atoms with Gasteiger partial charge in [-0.05, 0) is 18.6 Å². The third-order valence-electron chi connectivity index (χ3n) is 1.44. The molecule has 0 radical (unpaired) electrons. The molecule has 6 heteroatoms. The molecule has 1 aromatic rings. The molecule has 0 N–H and O–H groups in total. The molecule has 1 nitrogen and oxygen atoms in total. The predicted octanol–water partition coefficient (Wildman–Crippen LogP) is 3.69. The van der Waals surface area contributed by atoms with E-state index in [2.05, 4.69) is 4.74 Å². The van der Waals surface area contributed by atoms with Crippen molar-refractivity contribution < 1.29 is 22.3 Å². The Labute approximate surface area is 82.2 Å². The van der Waals surface area contributed by atoms with Crippen molar-refractivity contribution in [1.82, 2.24) is 0 Å². The summed E-state index contributed by atoms with van der Waals surface area (Å²) >= 11 is 5.50. The molecular weight excluding hydrogens is 224 g/mol. The van der Waals surface area contributed by atoms with Crippen LogP contribution in [0.1, 0.15) is 5.56 Å². The Morgan fingerprint density at radius 3 is 2.36 bits per heavy atom. The van der Waals surface area contributed by atoms with Crippen LogP contribution in [0.25, 0.3) is 0 Å². The monoisotopic (exact) mass is 228 g/mol. The van der Waals surface area contributed by atoms with Crippen LogP contribution in [-0.4, -0.2) is 6.36 Å². The molecule has 1 aromatic carbocycles. The van der Waals surface area contributed by atoms with E-state index >= 15 is 0 Å². The fraction of sp³-hybridized carbons (Fsp3) is 0.250. The Hall–Kier alpha value is -0.970. The lowest BCUT2D eigenvalue weighted by molar-refractivity contribution is -0.275. The van der Waals surface area contributed by atoms with Crippen molar-refractivity contribution in [3.63, 3.8) is 0 Å². The third kappa shape index (κ3) is 2.77. The molecular formula is C8H5ClF4O. The van der Waals surface area contributed by atoms with Crippen LogP contribution in [0.5, 0.6) is 5.75 Å². The van der Waals surface area contributed by atoms with Crippen molar-refractivity contribution >= 4 is 11.6 Å². The summed E-state index contributed by atoms with van der Waals surface area (Å²) in [4.78, 5) is 0. The van der Waals surface area contributed by atoms with Gasteiger partial charge in [0, 0.05) is 11.1 Å². The van der Waals surface area contributed by atoms with Crippen molar-refractivity contribution in [2.24, 2.45) is 0 Å². The zero-order valence-electron chi connectivity index (χ0n) is 6.95. The average Bonchev–Trinajstić information content (AvgIpc) is 1.97.